The quantitative estimate of drug-likeness (QED) is 0.671. The Labute approximate surface area is 107 Å². The molecule has 0 amide bonds. The molecule has 0 atom stereocenters. The number of aromatic nitrogens is 2. The number of aliphatic hydroxyl groups is 1. The number of aliphatic hydroxyl groups excluding tert-OH is 1. The maximum Gasteiger partial charge on any atom is 0.242 e. The molecular formula is C12H20N4O2. The van der Waals surface area contributed by atoms with Gasteiger partial charge in [0.1, 0.15) is 12.0 Å². The lowest BCUT2D eigenvalue weighted by Gasteiger charge is -2.16. The Morgan fingerprint density at radius 2 is 2.28 bits per heavy atom. The van der Waals surface area contributed by atoms with Crippen LogP contribution < -0.4 is 15.8 Å². The maximum atomic E-state index is 9.01. The first-order chi connectivity index (χ1) is 8.71. The number of nitrogens with two attached hydrogens (primary N) is 1. The highest BCUT2D eigenvalue weighted by atomic mass is 16.5. The van der Waals surface area contributed by atoms with Crippen LogP contribution in [0.2, 0.25) is 0 Å². The third-order valence-electron chi connectivity index (χ3n) is 3.36. The standard InChI is InChI=1S/C12H20N4O2/c1-2-18-11-9(13)10(15-8-16-11)14-7-12(3-4-12)5-6-17/h8,17H,2-7,13H2,1H3,(H,14,15,16). The molecule has 1 aliphatic carbocycles. The summed E-state index contributed by atoms with van der Waals surface area (Å²) in [6, 6.07) is 0. The molecule has 1 heterocycles. The van der Waals surface area contributed by atoms with Crippen molar-refractivity contribution in [3.63, 3.8) is 0 Å². The number of nitrogens with one attached hydrogen (secondary N) is 1. The summed E-state index contributed by atoms with van der Waals surface area (Å²) in [6.07, 6.45) is 4.55. The van der Waals surface area contributed by atoms with Crippen LogP contribution in [0.15, 0.2) is 6.33 Å². The van der Waals surface area contributed by atoms with Gasteiger partial charge in [-0.15, -0.1) is 0 Å². The zero-order chi connectivity index (χ0) is 13.0. The van der Waals surface area contributed by atoms with Crippen LogP contribution in [0.5, 0.6) is 5.88 Å². The normalized spacial score (nSPS) is 16.3. The van der Waals surface area contributed by atoms with Crippen LogP contribution in [0.4, 0.5) is 11.5 Å². The predicted molar refractivity (Wildman–Crippen MR) is 69.5 cm³/mol. The molecule has 1 aromatic rings. The molecule has 0 bridgehead atoms. The Kier molecular flexibility index (Phi) is 3.86. The summed E-state index contributed by atoms with van der Waals surface area (Å²) in [5, 5.41) is 12.2. The number of ether oxygens (including phenoxy) is 1. The van der Waals surface area contributed by atoms with Gasteiger partial charge in [-0.1, -0.05) is 0 Å². The number of nitrogens with zero attached hydrogens (tertiary/aromatic N) is 2. The monoisotopic (exact) mass is 252 g/mol. The third-order valence-corrected chi connectivity index (χ3v) is 3.36. The van der Waals surface area contributed by atoms with Gasteiger partial charge >= 0.3 is 0 Å². The van der Waals surface area contributed by atoms with Crippen LogP contribution >= 0.6 is 0 Å². The van der Waals surface area contributed by atoms with Crippen LogP contribution in [0.1, 0.15) is 26.2 Å². The van der Waals surface area contributed by atoms with E-state index < -0.39 is 0 Å². The van der Waals surface area contributed by atoms with Crippen molar-refractivity contribution >= 4 is 11.5 Å². The molecule has 2 rings (SSSR count). The summed E-state index contributed by atoms with van der Waals surface area (Å²) in [6.45, 7) is 3.41. The van der Waals surface area contributed by atoms with Gasteiger partial charge < -0.3 is 20.9 Å². The highest BCUT2D eigenvalue weighted by Gasteiger charge is 2.41. The fraction of sp³-hybridized carbons (Fsp3) is 0.667. The van der Waals surface area contributed by atoms with Crippen LogP contribution in [0, 0.1) is 5.41 Å². The summed E-state index contributed by atoms with van der Waals surface area (Å²) in [7, 11) is 0. The van der Waals surface area contributed by atoms with Crippen LogP contribution in [-0.4, -0.2) is 34.8 Å². The van der Waals surface area contributed by atoms with Crippen molar-refractivity contribution in [1.82, 2.24) is 9.97 Å². The SMILES string of the molecule is CCOc1ncnc(NCC2(CCO)CC2)c1N. The second kappa shape index (κ2) is 5.39. The van der Waals surface area contributed by atoms with Crippen molar-refractivity contribution in [3.8, 4) is 5.88 Å². The Balaban J connectivity index is 1.99. The molecule has 0 aliphatic heterocycles. The molecule has 1 aliphatic rings. The summed E-state index contributed by atoms with van der Waals surface area (Å²) >= 11 is 0. The number of hydrogen-bond acceptors (Lipinski definition) is 6. The van der Waals surface area contributed by atoms with E-state index >= 15 is 0 Å². The van der Waals surface area contributed by atoms with E-state index in [0.29, 0.717) is 24.0 Å². The smallest absolute Gasteiger partial charge is 0.242 e. The van der Waals surface area contributed by atoms with E-state index in [0.717, 1.165) is 25.8 Å². The van der Waals surface area contributed by atoms with Gasteiger partial charge in [0, 0.05) is 13.2 Å². The van der Waals surface area contributed by atoms with E-state index in [2.05, 4.69) is 15.3 Å². The van der Waals surface area contributed by atoms with E-state index in [4.69, 9.17) is 15.6 Å². The second-order valence-electron chi connectivity index (χ2n) is 4.70. The van der Waals surface area contributed by atoms with E-state index in [9.17, 15) is 0 Å². The average Bonchev–Trinajstić information content (AvgIpc) is 3.11. The topological polar surface area (TPSA) is 93.3 Å². The molecule has 0 saturated heterocycles. The van der Waals surface area contributed by atoms with Crippen molar-refractivity contribution in [2.75, 3.05) is 30.8 Å². The van der Waals surface area contributed by atoms with Gasteiger partial charge in [-0.25, -0.2) is 4.98 Å². The summed E-state index contributed by atoms with van der Waals surface area (Å²) < 4.78 is 5.32. The third kappa shape index (κ3) is 2.81. The summed E-state index contributed by atoms with van der Waals surface area (Å²) in [5.41, 5.74) is 6.60. The molecule has 6 heteroatoms. The average molecular weight is 252 g/mol. The molecule has 1 saturated carbocycles. The molecule has 6 nitrogen and oxygen atoms in total. The molecule has 0 radical (unpaired) electrons. The Morgan fingerprint density at radius 3 is 2.89 bits per heavy atom. The first-order valence-corrected chi connectivity index (χ1v) is 6.29. The highest BCUT2D eigenvalue weighted by Crippen LogP contribution is 2.48. The van der Waals surface area contributed by atoms with Gasteiger partial charge in [0.05, 0.1) is 6.61 Å². The Bertz CT molecular complexity index is 407. The van der Waals surface area contributed by atoms with Crippen molar-refractivity contribution in [2.24, 2.45) is 5.41 Å². The van der Waals surface area contributed by atoms with Crippen LogP contribution in [0.3, 0.4) is 0 Å². The van der Waals surface area contributed by atoms with Gasteiger partial charge in [0.15, 0.2) is 5.82 Å². The second-order valence-corrected chi connectivity index (χ2v) is 4.70. The Hall–Kier alpha value is -1.56. The molecule has 1 aromatic heterocycles. The first-order valence-electron chi connectivity index (χ1n) is 6.29. The molecule has 1 fully saturated rings. The lowest BCUT2D eigenvalue weighted by Crippen LogP contribution is -2.18. The largest absolute Gasteiger partial charge is 0.476 e. The lowest BCUT2D eigenvalue weighted by molar-refractivity contribution is 0.253. The fourth-order valence-electron chi connectivity index (χ4n) is 1.97. The van der Waals surface area contributed by atoms with Gasteiger partial charge in [0.2, 0.25) is 5.88 Å². The minimum Gasteiger partial charge on any atom is -0.476 e. The number of rotatable bonds is 7. The van der Waals surface area contributed by atoms with E-state index in [1.807, 2.05) is 6.92 Å². The van der Waals surface area contributed by atoms with E-state index in [-0.39, 0.29) is 12.0 Å². The molecular weight excluding hydrogens is 232 g/mol. The predicted octanol–water partition coefficient (Wildman–Crippen LogP) is 1.03. The minimum absolute atomic E-state index is 0.220. The van der Waals surface area contributed by atoms with Gasteiger partial charge in [-0.05, 0) is 31.6 Å². The number of hydrogen-bond donors (Lipinski definition) is 3. The maximum absolute atomic E-state index is 9.01. The van der Waals surface area contributed by atoms with E-state index in [1.54, 1.807) is 0 Å². The zero-order valence-corrected chi connectivity index (χ0v) is 10.6. The number of anilines is 2. The molecule has 0 spiro atoms. The van der Waals surface area contributed by atoms with Crippen molar-refractivity contribution in [3.05, 3.63) is 6.33 Å². The zero-order valence-electron chi connectivity index (χ0n) is 10.6. The highest BCUT2D eigenvalue weighted by molar-refractivity contribution is 5.66. The van der Waals surface area contributed by atoms with Crippen molar-refractivity contribution < 1.29 is 9.84 Å². The molecule has 0 aromatic carbocycles. The van der Waals surface area contributed by atoms with Crippen LogP contribution in [0.25, 0.3) is 0 Å². The fourth-order valence-corrected chi connectivity index (χ4v) is 1.97. The van der Waals surface area contributed by atoms with Gasteiger partial charge in [-0.3, -0.25) is 0 Å². The van der Waals surface area contributed by atoms with Crippen molar-refractivity contribution in [1.29, 1.82) is 0 Å². The molecule has 100 valence electrons. The lowest BCUT2D eigenvalue weighted by atomic mass is 10.0. The Morgan fingerprint density at radius 1 is 1.50 bits per heavy atom. The minimum atomic E-state index is 0.220. The number of nitrogen functional groups attached to an aromatic ring is 1. The van der Waals surface area contributed by atoms with Gasteiger partial charge in [0.25, 0.3) is 0 Å². The van der Waals surface area contributed by atoms with Crippen molar-refractivity contribution in [2.45, 2.75) is 26.2 Å². The van der Waals surface area contributed by atoms with Gasteiger partial charge in [-0.2, -0.15) is 4.98 Å². The summed E-state index contributed by atoms with van der Waals surface area (Å²) in [5.74, 6) is 1.03. The van der Waals surface area contributed by atoms with Crippen LogP contribution in [-0.2, 0) is 0 Å². The molecule has 4 N–H and O–H groups in total. The first kappa shape index (κ1) is 12.9. The molecule has 0 unspecified atom stereocenters. The molecule has 18 heavy (non-hydrogen) atoms. The summed E-state index contributed by atoms with van der Waals surface area (Å²) in [4.78, 5) is 8.11. The van der Waals surface area contributed by atoms with E-state index in [1.165, 1.54) is 6.33 Å².